The molecule has 1 aliphatic rings. The summed E-state index contributed by atoms with van der Waals surface area (Å²) in [5, 5.41) is 3.84. The Labute approximate surface area is 159 Å². The van der Waals surface area contributed by atoms with Gasteiger partial charge in [0.15, 0.2) is 0 Å². The topological polar surface area (TPSA) is 38.3 Å². The van der Waals surface area contributed by atoms with Crippen LogP contribution in [0.25, 0.3) is 0 Å². The first-order chi connectivity index (χ1) is 12.2. The van der Waals surface area contributed by atoms with Crippen molar-refractivity contribution in [2.45, 2.75) is 78.8 Å². The van der Waals surface area contributed by atoms with Crippen LogP contribution in [-0.2, 0) is 9.53 Å². The summed E-state index contributed by atoms with van der Waals surface area (Å²) in [6.07, 6.45) is 3.42. The van der Waals surface area contributed by atoms with Crippen LogP contribution >= 0.6 is 0 Å². The second-order valence-corrected chi connectivity index (χ2v) is 8.93. The molecule has 146 valence electrons. The molecule has 0 aromatic heterocycles. The molecule has 0 aliphatic heterocycles. The van der Waals surface area contributed by atoms with Crippen LogP contribution in [0.2, 0.25) is 0 Å². The number of methoxy groups -OCH3 is 1. The molecule has 1 N–H and O–H groups in total. The van der Waals surface area contributed by atoms with E-state index in [0.29, 0.717) is 29.8 Å². The fourth-order valence-electron chi connectivity index (χ4n) is 4.62. The first kappa shape index (κ1) is 21.0. The van der Waals surface area contributed by atoms with E-state index in [0.717, 1.165) is 12.8 Å². The zero-order chi connectivity index (χ0) is 19.5. The van der Waals surface area contributed by atoms with Crippen LogP contribution in [-0.4, -0.2) is 19.1 Å². The average molecular weight is 360 g/mol. The highest BCUT2D eigenvalue weighted by Crippen LogP contribution is 2.43. The third-order valence-electron chi connectivity index (χ3n) is 6.51. The van der Waals surface area contributed by atoms with Gasteiger partial charge in [0, 0.05) is 12.1 Å². The van der Waals surface area contributed by atoms with Crippen molar-refractivity contribution in [3.8, 4) is 0 Å². The van der Waals surface area contributed by atoms with Gasteiger partial charge in [-0.1, -0.05) is 51.5 Å². The van der Waals surface area contributed by atoms with Gasteiger partial charge in [-0.25, -0.2) is 0 Å². The Balaban J connectivity index is 2.07. The number of ether oxygens (including phenoxy) is 1. The minimum absolute atomic E-state index is 0.0904. The predicted octanol–water partition coefficient (Wildman–Crippen LogP) is 5.46. The van der Waals surface area contributed by atoms with Crippen molar-refractivity contribution in [3.05, 3.63) is 35.4 Å². The lowest BCUT2D eigenvalue weighted by atomic mass is 9.64. The van der Waals surface area contributed by atoms with E-state index in [1.807, 2.05) is 13.8 Å². The summed E-state index contributed by atoms with van der Waals surface area (Å²) >= 11 is 0. The van der Waals surface area contributed by atoms with Crippen molar-refractivity contribution in [1.82, 2.24) is 5.32 Å². The summed E-state index contributed by atoms with van der Waals surface area (Å²) in [4.78, 5) is 12.3. The molecule has 26 heavy (non-hydrogen) atoms. The summed E-state index contributed by atoms with van der Waals surface area (Å²) in [7, 11) is 1.50. The Morgan fingerprint density at radius 3 is 2.23 bits per heavy atom. The van der Waals surface area contributed by atoms with Gasteiger partial charge in [0.1, 0.15) is 0 Å². The van der Waals surface area contributed by atoms with Crippen molar-refractivity contribution >= 4 is 5.97 Å². The molecule has 1 aromatic carbocycles. The predicted molar refractivity (Wildman–Crippen MR) is 108 cm³/mol. The van der Waals surface area contributed by atoms with Gasteiger partial charge in [-0.3, -0.25) is 4.79 Å². The summed E-state index contributed by atoms with van der Waals surface area (Å²) in [6.45, 7) is 13.1. The molecule has 3 heteroatoms. The quantitative estimate of drug-likeness (QED) is 0.685. The number of hydrogen-bond donors (Lipinski definition) is 1. The fraction of sp³-hybridized carbons (Fsp3) is 0.696. The van der Waals surface area contributed by atoms with Gasteiger partial charge in [0.25, 0.3) is 0 Å². The first-order valence-electron chi connectivity index (χ1n) is 10.1. The molecule has 0 saturated heterocycles. The third-order valence-corrected chi connectivity index (χ3v) is 6.51. The SMILES string of the molecule is COC(=O)C(C)(C)[C@H]1CCC[C@@H](N[C@@H](C)c2ccc(C(C)C)cc2)[C@@H]1C. The van der Waals surface area contributed by atoms with E-state index >= 15 is 0 Å². The standard InChI is InChI=1S/C23H37NO2/c1-15(2)18-11-13-19(14-12-18)17(4)24-21-10-8-9-20(16(21)3)23(5,6)22(25)26-7/h11-17,20-21,24H,8-10H2,1-7H3/t16-,17+,20+,21-/m1/s1. The van der Waals surface area contributed by atoms with E-state index in [1.165, 1.54) is 24.7 Å². The van der Waals surface area contributed by atoms with Crippen LogP contribution in [0.15, 0.2) is 24.3 Å². The maximum atomic E-state index is 12.3. The highest BCUT2D eigenvalue weighted by Gasteiger charge is 2.44. The van der Waals surface area contributed by atoms with Crippen molar-refractivity contribution in [1.29, 1.82) is 0 Å². The van der Waals surface area contributed by atoms with E-state index in [9.17, 15) is 4.79 Å². The van der Waals surface area contributed by atoms with E-state index < -0.39 is 5.41 Å². The fourth-order valence-corrected chi connectivity index (χ4v) is 4.62. The van der Waals surface area contributed by atoms with Gasteiger partial charge in [0.05, 0.1) is 12.5 Å². The van der Waals surface area contributed by atoms with Crippen LogP contribution in [0, 0.1) is 17.3 Å². The lowest BCUT2D eigenvalue weighted by molar-refractivity contribution is -0.156. The molecule has 1 fully saturated rings. The van der Waals surface area contributed by atoms with Crippen LogP contribution in [0.4, 0.5) is 0 Å². The lowest BCUT2D eigenvalue weighted by Crippen LogP contribution is -2.48. The molecule has 0 radical (unpaired) electrons. The Morgan fingerprint density at radius 2 is 1.69 bits per heavy atom. The lowest BCUT2D eigenvalue weighted by Gasteiger charge is -2.44. The number of rotatable bonds is 6. The Bertz CT molecular complexity index is 591. The molecule has 0 heterocycles. The van der Waals surface area contributed by atoms with Crippen LogP contribution < -0.4 is 5.32 Å². The molecule has 0 amide bonds. The van der Waals surface area contributed by atoms with Crippen molar-refractivity contribution in [2.24, 2.45) is 17.3 Å². The van der Waals surface area contributed by atoms with Crippen molar-refractivity contribution in [2.75, 3.05) is 7.11 Å². The molecular formula is C23H37NO2. The maximum absolute atomic E-state index is 12.3. The Kier molecular flexibility index (Phi) is 6.90. The van der Waals surface area contributed by atoms with Gasteiger partial charge in [-0.15, -0.1) is 0 Å². The molecule has 1 aliphatic carbocycles. The highest BCUT2D eigenvalue weighted by molar-refractivity contribution is 5.76. The van der Waals surface area contributed by atoms with Crippen LogP contribution in [0.1, 0.15) is 83.9 Å². The van der Waals surface area contributed by atoms with Gasteiger partial charge in [-0.05, 0) is 62.5 Å². The number of esters is 1. The summed E-state index contributed by atoms with van der Waals surface area (Å²) in [5.41, 5.74) is 2.28. The largest absolute Gasteiger partial charge is 0.469 e. The summed E-state index contributed by atoms with van der Waals surface area (Å²) < 4.78 is 5.07. The molecule has 3 nitrogen and oxygen atoms in total. The second kappa shape index (κ2) is 8.56. The number of hydrogen-bond acceptors (Lipinski definition) is 3. The number of benzene rings is 1. The first-order valence-corrected chi connectivity index (χ1v) is 10.1. The normalized spacial score (nSPS) is 25.2. The van der Waals surface area contributed by atoms with Gasteiger partial charge >= 0.3 is 5.97 Å². The molecule has 4 atom stereocenters. The molecular weight excluding hydrogens is 322 g/mol. The summed E-state index contributed by atoms with van der Waals surface area (Å²) in [6, 6.07) is 9.71. The average Bonchev–Trinajstić information content (AvgIpc) is 2.62. The van der Waals surface area contributed by atoms with E-state index in [4.69, 9.17) is 4.74 Å². The van der Waals surface area contributed by atoms with Gasteiger partial charge < -0.3 is 10.1 Å². The molecule has 0 unspecified atom stereocenters. The monoisotopic (exact) mass is 359 g/mol. The zero-order valence-electron chi connectivity index (χ0n) is 17.6. The Hall–Kier alpha value is -1.35. The van der Waals surface area contributed by atoms with Gasteiger partial charge in [0.2, 0.25) is 0 Å². The molecule has 0 bridgehead atoms. The molecule has 2 rings (SSSR count). The van der Waals surface area contributed by atoms with Crippen LogP contribution in [0.3, 0.4) is 0 Å². The molecule has 1 saturated carbocycles. The van der Waals surface area contributed by atoms with Crippen molar-refractivity contribution < 1.29 is 9.53 Å². The number of carbonyl (C=O) groups is 1. The zero-order valence-corrected chi connectivity index (χ0v) is 17.6. The number of nitrogens with one attached hydrogen (secondary N) is 1. The Morgan fingerprint density at radius 1 is 1.12 bits per heavy atom. The molecule has 1 aromatic rings. The highest BCUT2D eigenvalue weighted by atomic mass is 16.5. The minimum atomic E-state index is -0.434. The molecule has 0 spiro atoms. The smallest absolute Gasteiger partial charge is 0.311 e. The summed E-state index contributed by atoms with van der Waals surface area (Å²) in [5.74, 6) is 1.26. The second-order valence-electron chi connectivity index (χ2n) is 8.93. The number of carbonyl (C=O) groups excluding carboxylic acids is 1. The third kappa shape index (κ3) is 4.49. The van der Waals surface area contributed by atoms with E-state index in [2.05, 4.69) is 57.3 Å². The van der Waals surface area contributed by atoms with E-state index in [-0.39, 0.29) is 5.97 Å². The van der Waals surface area contributed by atoms with Crippen molar-refractivity contribution in [3.63, 3.8) is 0 Å². The minimum Gasteiger partial charge on any atom is -0.469 e. The van der Waals surface area contributed by atoms with Crippen LogP contribution in [0.5, 0.6) is 0 Å². The maximum Gasteiger partial charge on any atom is 0.311 e. The van der Waals surface area contributed by atoms with Gasteiger partial charge in [-0.2, -0.15) is 0 Å². The van der Waals surface area contributed by atoms with E-state index in [1.54, 1.807) is 0 Å².